The molecule has 7 heteroatoms. The molecule has 0 aliphatic heterocycles. The summed E-state index contributed by atoms with van der Waals surface area (Å²) in [4.78, 5) is 14.3. The molecule has 2 atom stereocenters. The van der Waals surface area contributed by atoms with E-state index < -0.39 is 17.6 Å². The van der Waals surface area contributed by atoms with Crippen molar-refractivity contribution in [1.82, 2.24) is 10.2 Å². The van der Waals surface area contributed by atoms with Gasteiger partial charge in [-0.25, -0.2) is 0 Å². The average Bonchev–Trinajstić information content (AvgIpc) is 2.46. The summed E-state index contributed by atoms with van der Waals surface area (Å²) in [5, 5.41) is 2.80. The van der Waals surface area contributed by atoms with E-state index in [1.54, 1.807) is 0 Å². The van der Waals surface area contributed by atoms with Gasteiger partial charge in [0.1, 0.15) is 0 Å². The number of benzene rings is 1. The van der Waals surface area contributed by atoms with E-state index in [0.29, 0.717) is 0 Å². The minimum atomic E-state index is -4.53. The minimum absolute atomic E-state index is 0. The lowest BCUT2D eigenvalue weighted by atomic mass is 9.89. The predicted octanol–water partition coefficient (Wildman–Crippen LogP) is 3.73. The second kappa shape index (κ2) is 8.02. The lowest BCUT2D eigenvalue weighted by Gasteiger charge is -2.36. The Morgan fingerprint density at radius 2 is 1.78 bits per heavy atom. The van der Waals surface area contributed by atoms with Crippen LogP contribution < -0.4 is 5.32 Å². The third-order valence-electron chi connectivity index (χ3n) is 4.19. The van der Waals surface area contributed by atoms with E-state index in [9.17, 15) is 18.0 Å². The highest BCUT2D eigenvalue weighted by molar-refractivity contribution is 5.96. The maximum absolute atomic E-state index is 13.0. The second-order valence-electron chi connectivity index (χ2n) is 5.94. The van der Waals surface area contributed by atoms with Crippen molar-refractivity contribution in [3.63, 3.8) is 0 Å². The fourth-order valence-electron chi connectivity index (χ4n) is 3.07. The zero-order valence-corrected chi connectivity index (χ0v) is 14.0. The zero-order valence-electron chi connectivity index (χ0n) is 13.2. The van der Waals surface area contributed by atoms with Crippen LogP contribution in [0, 0.1) is 0 Å². The number of alkyl halides is 3. The summed E-state index contributed by atoms with van der Waals surface area (Å²) in [6.07, 6.45) is -0.729. The molecule has 1 aromatic carbocycles. The molecule has 3 nitrogen and oxygen atoms in total. The number of likely N-dealkylation sites (N-methyl/N-ethyl adjacent to an activating group) is 1. The van der Waals surface area contributed by atoms with Gasteiger partial charge in [0.05, 0.1) is 11.1 Å². The molecule has 0 spiro atoms. The van der Waals surface area contributed by atoms with Gasteiger partial charge in [-0.2, -0.15) is 13.2 Å². The second-order valence-corrected chi connectivity index (χ2v) is 5.94. The van der Waals surface area contributed by atoms with Gasteiger partial charge in [0.2, 0.25) is 0 Å². The van der Waals surface area contributed by atoms with Crippen LogP contribution in [0.2, 0.25) is 0 Å². The number of halogens is 4. The lowest BCUT2D eigenvalue weighted by Crippen LogP contribution is -2.51. The zero-order chi connectivity index (χ0) is 16.3. The van der Waals surface area contributed by atoms with Crippen LogP contribution in [-0.4, -0.2) is 37.0 Å². The summed E-state index contributed by atoms with van der Waals surface area (Å²) >= 11 is 0. The summed E-state index contributed by atoms with van der Waals surface area (Å²) in [7, 11) is 3.86. The van der Waals surface area contributed by atoms with E-state index >= 15 is 0 Å². The Morgan fingerprint density at radius 1 is 1.17 bits per heavy atom. The molecule has 0 aromatic heterocycles. The van der Waals surface area contributed by atoms with Gasteiger partial charge >= 0.3 is 6.18 Å². The lowest BCUT2D eigenvalue weighted by molar-refractivity contribution is -0.137. The van der Waals surface area contributed by atoms with E-state index in [2.05, 4.69) is 5.32 Å². The van der Waals surface area contributed by atoms with Crippen LogP contribution in [0.15, 0.2) is 24.3 Å². The van der Waals surface area contributed by atoms with Crippen LogP contribution in [0.4, 0.5) is 13.2 Å². The number of nitrogens with zero attached hydrogens (tertiary/aromatic N) is 1. The van der Waals surface area contributed by atoms with Crippen LogP contribution in [0.25, 0.3) is 0 Å². The van der Waals surface area contributed by atoms with Crippen molar-refractivity contribution < 1.29 is 18.0 Å². The van der Waals surface area contributed by atoms with Crippen molar-refractivity contribution in [2.45, 2.75) is 43.9 Å². The molecule has 0 saturated heterocycles. The van der Waals surface area contributed by atoms with Crippen LogP contribution in [0.3, 0.4) is 0 Å². The molecule has 1 amide bonds. The molecule has 1 N–H and O–H groups in total. The van der Waals surface area contributed by atoms with Crippen molar-refractivity contribution in [1.29, 1.82) is 0 Å². The molecule has 1 saturated carbocycles. The first-order valence-electron chi connectivity index (χ1n) is 7.44. The first-order chi connectivity index (χ1) is 10.3. The average molecular weight is 351 g/mol. The number of hydrogen-bond donors (Lipinski definition) is 1. The molecule has 0 bridgehead atoms. The minimum Gasteiger partial charge on any atom is -0.348 e. The van der Waals surface area contributed by atoms with Crippen LogP contribution in [0.5, 0.6) is 0 Å². The highest BCUT2D eigenvalue weighted by atomic mass is 35.5. The van der Waals surface area contributed by atoms with Gasteiger partial charge in [0, 0.05) is 12.1 Å². The van der Waals surface area contributed by atoms with Crippen molar-refractivity contribution in [3.8, 4) is 0 Å². The Balaban J connectivity index is 0.00000264. The highest BCUT2D eigenvalue weighted by Crippen LogP contribution is 2.32. The van der Waals surface area contributed by atoms with Crippen LogP contribution >= 0.6 is 12.4 Å². The van der Waals surface area contributed by atoms with Gasteiger partial charge in [-0.05, 0) is 39.1 Å². The Hall–Kier alpha value is -1.27. The standard InChI is InChI=1S/C16H21F3N2O.ClH/c1-21(2)14-10-6-5-9-13(14)20-15(22)11-7-3-4-8-12(11)16(17,18)19;/h3-4,7-8,13-14H,5-6,9-10H2,1-2H3,(H,20,22);1H/t13-,14+;/m1./s1. The van der Waals surface area contributed by atoms with Crippen molar-refractivity contribution in [3.05, 3.63) is 35.4 Å². The van der Waals surface area contributed by atoms with Crippen LogP contribution in [0.1, 0.15) is 41.6 Å². The smallest absolute Gasteiger partial charge is 0.348 e. The fourth-order valence-corrected chi connectivity index (χ4v) is 3.07. The van der Waals surface area contributed by atoms with E-state index in [0.717, 1.165) is 31.7 Å². The summed E-state index contributed by atoms with van der Waals surface area (Å²) in [5.74, 6) is -0.647. The molecule has 23 heavy (non-hydrogen) atoms. The molecule has 1 aliphatic carbocycles. The fraction of sp³-hybridized carbons (Fsp3) is 0.562. The van der Waals surface area contributed by atoms with Gasteiger partial charge in [-0.1, -0.05) is 25.0 Å². The van der Waals surface area contributed by atoms with Gasteiger partial charge in [0.15, 0.2) is 0 Å². The van der Waals surface area contributed by atoms with Crippen LogP contribution in [-0.2, 0) is 6.18 Å². The number of hydrogen-bond acceptors (Lipinski definition) is 2. The molecule has 130 valence electrons. The van der Waals surface area contributed by atoms with Gasteiger partial charge in [-0.3, -0.25) is 4.79 Å². The van der Waals surface area contributed by atoms with Crippen molar-refractivity contribution in [2.75, 3.05) is 14.1 Å². The van der Waals surface area contributed by atoms with E-state index in [1.807, 2.05) is 19.0 Å². The third-order valence-corrected chi connectivity index (χ3v) is 4.19. The monoisotopic (exact) mass is 350 g/mol. The Kier molecular flexibility index (Phi) is 6.89. The third kappa shape index (κ3) is 4.85. The van der Waals surface area contributed by atoms with Crippen molar-refractivity contribution >= 4 is 18.3 Å². The predicted molar refractivity (Wildman–Crippen MR) is 85.9 cm³/mol. The number of carbonyl (C=O) groups is 1. The van der Waals surface area contributed by atoms with Crippen molar-refractivity contribution in [2.24, 2.45) is 0 Å². The topological polar surface area (TPSA) is 32.3 Å². The normalized spacial score (nSPS) is 21.7. The Bertz CT molecular complexity index is 534. The molecule has 0 radical (unpaired) electrons. The summed E-state index contributed by atoms with van der Waals surface area (Å²) in [6, 6.07) is 4.97. The molecule has 1 fully saturated rings. The molecule has 1 aliphatic rings. The largest absolute Gasteiger partial charge is 0.417 e. The molecule has 2 rings (SSSR count). The van der Waals surface area contributed by atoms with E-state index in [4.69, 9.17) is 0 Å². The van der Waals surface area contributed by atoms with Gasteiger partial charge in [0.25, 0.3) is 5.91 Å². The van der Waals surface area contributed by atoms with Gasteiger partial charge < -0.3 is 10.2 Å². The summed E-state index contributed by atoms with van der Waals surface area (Å²) in [6.45, 7) is 0. The molecular formula is C16H22ClF3N2O. The van der Waals surface area contributed by atoms with E-state index in [1.165, 1.54) is 18.2 Å². The first kappa shape index (κ1) is 19.8. The number of nitrogens with one attached hydrogen (secondary N) is 1. The SMILES string of the molecule is CN(C)[C@H]1CCCC[C@H]1NC(=O)c1ccccc1C(F)(F)F.Cl. The molecule has 0 unspecified atom stereocenters. The quantitative estimate of drug-likeness (QED) is 0.901. The highest BCUT2D eigenvalue weighted by Gasteiger charge is 2.36. The number of rotatable bonds is 3. The maximum Gasteiger partial charge on any atom is 0.417 e. The maximum atomic E-state index is 13.0. The molecule has 0 heterocycles. The number of carbonyl (C=O) groups excluding carboxylic acids is 1. The van der Waals surface area contributed by atoms with E-state index in [-0.39, 0.29) is 30.1 Å². The van der Waals surface area contributed by atoms with Gasteiger partial charge in [-0.15, -0.1) is 12.4 Å². The summed E-state index contributed by atoms with van der Waals surface area (Å²) < 4.78 is 39.0. The molecular weight excluding hydrogens is 329 g/mol. The molecule has 1 aromatic rings. The first-order valence-corrected chi connectivity index (χ1v) is 7.44. The Morgan fingerprint density at radius 3 is 2.39 bits per heavy atom. The summed E-state index contributed by atoms with van der Waals surface area (Å²) in [5.41, 5.74) is -1.19. The Labute approximate surface area is 140 Å². The number of amides is 1.